The third-order valence-corrected chi connectivity index (χ3v) is 7.75. The summed E-state index contributed by atoms with van der Waals surface area (Å²) in [6.45, 7) is 9.65. The van der Waals surface area contributed by atoms with Crippen LogP contribution in [0.2, 0.25) is 0 Å². The average Bonchev–Trinajstić information content (AvgIpc) is 3.12. The van der Waals surface area contributed by atoms with Gasteiger partial charge in [0.25, 0.3) is 0 Å². The Morgan fingerprint density at radius 2 is 1.58 bits per heavy atom. The minimum atomic E-state index is -0.546. The lowest BCUT2D eigenvalue weighted by molar-refractivity contribution is 0.0609. The Kier molecular flexibility index (Phi) is 6.50. The molecule has 0 spiro atoms. The van der Waals surface area contributed by atoms with E-state index in [1.165, 1.54) is 58.4 Å². The monoisotopic (exact) mass is 366 g/mol. The molecule has 2 unspecified atom stereocenters. The molecule has 26 heavy (non-hydrogen) atoms. The van der Waals surface area contributed by atoms with Gasteiger partial charge in [0.05, 0.1) is 0 Å². The van der Waals surface area contributed by atoms with Crippen LogP contribution in [-0.2, 0) is 0 Å². The number of hydrazine groups is 1. The van der Waals surface area contributed by atoms with E-state index >= 15 is 0 Å². The van der Waals surface area contributed by atoms with Gasteiger partial charge in [-0.3, -0.25) is 15.8 Å². The molecule has 4 aliphatic rings. The minimum absolute atomic E-state index is 0.542. The van der Waals surface area contributed by atoms with Gasteiger partial charge in [0, 0.05) is 57.3 Å². The molecule has 4 rings (SSSR count). The summed E-state index contributed by atoms with van der Waals surface area (Å²) in [5.74, 6) is 2.28. The molecule has 2 atom stereocenters. The van der Waals surface area contributed by atoms with Gasteiger partial charge < -0.3 is 4.90 Å². The van der Waals surface area contributed by atoms with Crippen LogP contribution in [0.5, 0.6) is 0 Å². The molecule has 0 aromatic heterocycles. The molecule has 2 aliphatic heterocycles. The maximum absolute atomic E-state index is 13.5. The molecule has 5 heteroatoms. The Morgan fingerprint density at radius 1 is 0.885 bits per heavy atom. The Bertz CT molecular complexity index is 424. The number of piperazine rings is 1. The summed E-state index contributed by atoms with van der Waals surface area (Å²) in [6, 6.07) is 1.40. The Balaban J connectivity index is 1.22. The minimum Gasteiger partial charge on any atom is -0.300 e. The summed E-state index contributed by atoms with van der Waals surface area (Å²) in [6.07, 6.45) is 8.79. The second-order valence-electron chi connectivity index (χ2n) is 9.57. The molecule has 2 aliphatic carbocycles. The fraction of sp³-hybridized carbons (Fsp3) is 1.00. The number of hydrogen-bond acceptors (Lipinski definition) is 4. The van der Waals surface area contributed by atoms with Crippen molar-refractivity contribution in [2.45, 2.75) is 76.5 Å². The standard InChI is InChI=1S/C21H39FN4/c1-16-2-8-20(9-3-16)26-12-10-25(11-13-26)15-18-14-23-24-21(18)17-4-6-19(22)7-5-17/h16-21,23-24H,2-15H2,1H3. The van der Waals surface area contributed by atoms with Gasteiger partial charge in [-0.05, 0) is 63.2 Å². The van der Waals surface area contributed by atoms with Gasteiger partial charge in [-0.15, -0.1) is 0 Å². The van der Waals surface area contributed by atoms with E-state index in [2.05, 4.69) is 27.6 Å². The summed E-state index contributed by atoms with van der Waals surface area (Å²) >= 11 is 0. The van der Waals surface area contributed by atoms with Crippen molar-refractivity contribution in [1.29, 1.82) is 0 Å². The van der Waals surface area contributed by atoms with Gasteiger partial charge in [-0.2, -0.15) is 0 Å². The number of nitrogens with one attached hydrogen (secondary N) is 2. The number of nitrogens with zero attached hydrogens (tertiary/aromatic N) is 2. The lowest BCUT2D eigenvalue weighted by Gasteiger charge is -2.42. The van der Waals surface area contributed by atoms with Gasteiger partial charge in [0.15, 0.2) is 0 Å². The van der Waals surface area contributed by atoms with Crippen LogP contribution < -0.4 is 10.9 Å². The summed E-state index contributed by atoms with van der Waals surface area (Å²) in [4.78, 5) is 5.46. The summed E-state index contributed by atoms with van der Waals surface area (Å²) < 4.78 is 13.5. The first-order chi connectivity index (χ1) is 12.7. The molecule has 150 valence electrons. The zero-order valence-electron chi connectivity index (χ0n) is 16.6. The van der Waals surface area contributed by atoms with Gasteiger partial charge >= 0.3 is 0 Å². The first-order valence-electron chi connectivity index (χ1n) is 11.3. The van der Waals surface area contributed by atoms with Gasteiger partial charge in [-0.25, -0.2) is 4.39 Å². The lowest BCUT2D eigenvalue weighted by atomic mass is 9.79. The maximum Gasteiger partial charge on any atom is 0.100 e. The van der Waals surface area contributed by atoms with Crippen LogP contribution in [0.3, 0.4) is 0 Å². The van der Waals surface area contributed by atoms with Crippen molar-refractivity contribution < 1.29 is 4.39 Å². The van der Waals surface area contributed by atoms with E-state index in [0.717, 1.165) is 44.2 Å². The molecule has 4 nitrogen and oxygen atoms in total. The molecular formula is C21H39FN4. The van der Waals surface area contributed by atoms with Gasteiger partial charge in [-0.1, -0.05) is 6.92 Å². The second kappa shape index (κ2) is 8.85. The summed E-state index contributed by atoms with van der Waals surface area (Å²) in [5, 5.41) is 0. The molecule has 2 saturated carbocycles. The summed E-state index contributed by atoms with van der Waals surface area (Å²) in [5.41, 5.74) is 6.94. The largest absolute Gasteiger partial charge is 0.300 e. The van der Waals surface area contributed by atoms with E-state index in [4.69, 9.17) is 0 Å². The van der Waals surface area contributed by atoms with E-state index in [-0.39, 0.29) is 0 Å². The van der Waals surface area contributed by atoms with E-state index in [0.29, 0.717) is 17.9 Å². The number of rotatable bonds is 4. The second-order valence-corrected chi connectivity index (χ2v) is 9.57. The molecule has 4 fully saturated rings. The van der Waals surface area contributed by atoms with Crippen molar-refractivity contribution >= 4 is 0 Å². The maximum atomic E-state index is 13.5. The van der Waals surface area contributed by atoms with Gasteiger partial charge in [0.2, 0.25) is 0 Å². The average molecular weight is 367 g/mol. The highest BCUT2D eigenvalue weighted by Gasteiger charge is 2.37. The Morgan fingerprint density at radius 3 is 2.27 bits per heavy atom. The van der Waals surface area contributed by atoms with E-state index < -0.39 is 6.17 Å². The van der Waals surface area contributed by atoms with E-state index in [1.807, 2.05) is 0 Å². The quantitative estimate of drug-likeness (QED) is 0.801. The van der Waals surface area contributed by atoms with Crippen molar-refractivity contribution in [1.82, 2.24) is 20.7 Å². The molecular weight excluding hydrogens is 327 g/mol. The van der Waals surface area contributed by atoms with Crippen molar-refractivity contribution in [3.8, 4) is 0 Å². The molecule has 0 aromatic carbocycles. The van der Waals surface area contributed by atoms with Crippen LogP contribution in [-0.4, -0.2) is 67.3 Å². The van der Waals surface area contributed by atoms with Crippen LogP contribution in [0.25, 0.3) is 0 Å². The first-order valence-corrected chi connectivity index (χ1v) is 11.3. The number of alkyl halides is 1. The molecule has 0 amide bonds. The molecule has 2 N–H and O–H groups in total. The predicted octanol–water partition coefficient (Wildman–Crippen LogP) is 2.80. The van der Waals surface area contributed by atoms with Gasteiger partial charge in [0.1, 0.15) is 6.17 Å². The number of hydrogen-bond donors (Lipinski definition) is 2. The number of halogens is 1. The molecule has 0 radical (unpaired) electrons. The zero-order valence-corrected chi connectivity index (χ0v) is 16.6. The van der Waals surface area contributed by atoms with Crippen molar-refractivity contribution in [2.24, 2.45) is 17.8 Å². The lowest BCUT2D eigenvalue weighted by Crippen LogP contribution is -2.53. The fourth-order valence-electron chi connectivity index (χ4n) is 5.92. The van der Waals surface area contributed by atoms with Crippen LogP contribution in [0.15, 0.2) is 0 Å². The predicted molar refractivity (Wildman–Crippen MR) is 105 cm³/mol. The van der Waals surface area contributed by atoms with Crippen LogP contribution in [0.4, 0.5) is 4.39 Å². The summed E-state index contributed by atoms with van der Waals surface area (Å²) in [7, 11) is 0. The molecule has 2 saturated heterocycles. The fourth-order valence-corrected chi connectivity index (χ4v) is 5.92. The van der Waals surface area contributed by atoms with Crippen LogP contribution in [0, 0.1) is 17.8 Å². The zero-order chi connectivity index (χ0) is 17.9. The first kappa shape index (κ1) is 19.1. The van der Waals surface area contributed by atoms with E-state index in [1.54, 1.807) is 0 Å². The molecule has 2 heterocycles. The van der Waals surface area contributed by atoms with Crippen molar-refractivity contribution in [2.75, 3.05) is 39.3 Å². The molecule has 0 aromatic rings. The Labute approximate surface area is 159 Å². The highest BCUT2D eigenvalue weighted by molar-refractivity contribution is 4.92. The van der Waals surface area contributed by atoms with E-state index in [9.17, 15) is 4.39 Å². The highest BCUT2D eigenvalue weighted by Crippen LogP contribution is 2.33. The third-order valence-electron chi connectivity index (χ3n) is 7.75. The third kappa shape index (κ3) is 4.60. The normalized spacial score (nSPS) is 43.6. The highest BCUT2D eigenvalue weighted by atomic mass is 19.1. The SMILES string of the molecule is CC1CCC(N2CCN(CC3CNNC3C3CCC(F)CC3)CC2)CC1. The molecule has 0 bridgehead atoms. The van der Waals surface area contributed by atoms with Crippen molar-refractivity contribution in [3.63, 3.8) is 0 Å². The smallest absolute Gasteiger partial charge is 0.100 e. The van der Waals surface area contributed by atoms with Crippen LogP contribution in [0.1, 0.15) is 58.3 Å². The Hall–Kier alpha value is -0.230. The van der Waals surface area contributed by atoms with Crippen LogP contribution >= 0.6 is 0 Å². The van der Waals surface area contributed by atoms with Crippen molar-refractivity contribution in [3.05, 3.63) is 0 Å². The topological polar surface area (TPSA) is 30.5 Å².